The second-order valence-electron chi connectivity index (χ2n) is 5.12. The van der Waals surface area contributed by atoms with E-state index in [4.69, 9.17) is 9.47 Å². The Balaban J connectivity index is 2.01. The van der Waals surface area contributed by atoms with Crippen LogP contribution >= 0.6 is 0 Å². The summed E-state index contributed by atoms with van der Waals surface area (Å²) >= 11 is 0. The smallest absolute Gasteiger partial charge is 0.191 e. The van der Waals surface area contributed by atoms with Gasteiger partial charge in [0.05, 0.1) is 13.7 Å². The molecule has 128 valence electrons. The van der Waals surface area contributed by atoms with E-state index >= 15 is 0 Å². The first-order valence-electron chi connectivity index (χ1n) is 8.18. The van der Waals surface area contributed by atoms with Crippen molar-refractivity contribution in [2.75, 3.05) is 20.2 Å². The van der Waals surface area contributed by atoms with Crippen LogP contribution < -0.4 is 20.1 Å². The molecule has 0 aromatic heterocycles. The van der Waals surface area contributed by atoms with Gasteiger partial charge < -0.3 is 20.1 Å². The highest BCUT2D eigenvalue weighted by Crippen LogP contribution is 2.30. The molecule has 0 aliphatic heterocycles. The number of nitrogens with one attached hydrogen (secondary N) is 2. The van der Waals surface area contributed by atoms with Gasteiger partial charge in [0.25, 0.3) is 0 Å². The van der Waals surface area contributed by atoms with E-state index in [1.165, 1.54) is 0 Å². The fraction of sp³-hybridized carbons (Fsp3) is 0.316. The van der Waals surface area contributed by atoms with Crippen LogP contribution in [0.2, 0.25) is 0 Å². The molecule has 2 aromatic carbocycles. The van der Waals surface area contributed by atoms with E-state index in [0.717, 1.165) is 30.4 Å². The van der Waals surface area contributed by atoms with E-state index in [-0.39, 0.29) is 0 Å². The molecule has 0 bridgehead atoms. The average molecular weight is 327 g/mol. The van der Waals surface area contributed by atoms with E-state index < -0.39 is 0 Å². The lowest BCUT2D eigenvalue weighted by molar-refractivity contribution is 0.379. The second-order valence-corrected chi connectivity index (χ2v) is 5.12. The maximum Gasteiger partial charge on any atom is 0.191 e. The predicted molar refractivity (Wildman–Crippen MR) is 98.0 cm³/mol. The van der Waals surface area contributed by atoms with Gasteiger partial charge in [-0.1, -0.05) is 24.3 Å². The number of guanidine groups is 1. The summed E-state index contributed by atoms with van der Waals surface area (Å²) in [5.74, 6) is 3.01. The molecule has 2 N–H and O–H groups in total. The van der Waals surface area contributed by atoms with Crippen molar-refractivity contribution >= 4 is 5.96 Å². The van der Waals surface area contributed by atoms with E-state index in [1.54, 1.807) is 7.11 Å². The highest BCUT2D eigenvalue weighted by molar-refractivity contribution is 5.79. The summed E-state index contributed by atoms with van der Waals surface area (Å²) in [7, 11) is 1.63. The maximum absolute atomic E-state index is 5.87. The number of rotatable bonds is 7. The molecule has 0 aliphatic rings. The highest BCUT2D eigenvalue weighted by atomic mass is 16.5. The fourth-order valence-electron chi connectivity index (χ4n) is 2.17. The molecule has 0 spiro atoms. The SMILES string of the molecule is CCNC(=NCc1ccc(Oc2ccccc2OC)cc1)NCC. The molecule has 0 amide bonds. The maximum atomic E-state index is 5.87. The first-order valence-corrected chi connectivity index (χ1v) is 8.18. The molecule has 5 nitrogen and oxygen atoms in total. The lowest BCUT2D eigenvalue weighted by atomic mass is 10.2. The first kappa shape index (κ1) is 17.7. The Morgan fingerprint density at radius 1 is 0.917 bits per heavy atom. The normalized spacial score (nSPS) is 9.96. The summed E-state index contributed by atoms with van der Waals surface area (Å²) in [6.07, 6.45) is 0. The zero-order valence-corrected chi connectivity index (χ0v) is 14.5. The summed E-state index contributed by atoms with van der Waals surface area (Å²) in [6.45, 7) is 6.41. The van der Waals surface area contributed by atoms with Crippen molar-refractivity contribution in [3.05, 3.63) is 54.1 Å². The Kier molecular flexibility index (Phi) is 6.95. The third-order valence-corrected chi connectivity index (χ3v) is 3.33. The largest absolute Gasteiger partial charge is 0.493 e. The Morgan fingerprint density at radius 2 is 1.54 bits per heavy atom. The standard InChI is InChI=1S/C19H25N3O2/c1-4-20-19(21-5-2)22-14-15-10-12-16(13-11-15)24-18-9-7-6-8-17(18)23-3/h6-13H,4-5,14H2,1-3H3,(H2,20,21,22). The average Bonchev–Trinajstić information content (AvgIpc) is 2.62. The third-order valence-electron chi connectivity index (χ3n) is 3.33. The Morgan fingerprint density at radius 3 is 2.12 bits per heavy atom. The van der Waals surface area contributed by atoms with Crippen LogP contribution in [-0.4, -0.2) is 26.2 Å². The molecule has 0 fully saturated rings. The van der Waals surface area contributed by atoms with Crippen LogP contribution in [0.4, 0.5) is 0 Å². The van der Waals surface area contributed by atoms with Crippen LogP contribution in [0, 0.1) is 0 Å². The van der Waals surface area contributed by atoms with Gasteiger partial charge >= 0.3 is 0 Å². The van der Waals surface area contributed by atoms with Gasteiger partial charge in [-0.25, -0.2) is 4.99 Å². The molecule has 0 atom stereocenters. The molecule has 2 rings (SSSR count). The Hall–Kier alpha value is -2.69. The van der Waals surface area contributed by atoms with Crippen LogP contribution in [-0.2, 0) is 6.54 Å². The minimum atomic E-state index is 0.615. The van der Waals surface area contributed by atoms with Crippen molar-refractivity contribution < 1.29 is 9.47 Å². The number of nitrogens with zero attached hydrogens (tertiary/aromatic N) is 1. The van der Waals surface area contributed by atoms with Crippen LogP contribution in [0.3, 0.4) is 0 Å². The van der Waals surface area contributed by atoms with Gasteiger partial charge in [0.2, 0.25) is 0 Å². The van der Waals surface area contributed by atoms with Gasteiger partial charge in [0.15, 0.2) is 17.5 Å². The van der Waals surface area contributed by atoms with Crippen molar-refractivity contribution in [3.8, 4) is 17.2 Å². The number of hydrogen-bond acceptors (Lipinski definition) is 3. The number of hydrogen-bond donors (Lipinski definition) is 2. The second kappa shape index (κ2) is 9.45. The van der Waals surface area contributed by atoms with Crippen LogP contribution in [0.5, 0.6) is 17.2 Å². The number of methoxy groups -OCH3 is 1. The monoisotopic (exact) mass is 327 g/mol. The summed E-state index contributed by atoms with van der Waals surface area (Å²) in [4.78, 5) is 4.55. The minimum absolute atomic E-state index is 0.615. The van der Waals surface area contributed by atoms with Gasteiger partial charge in [-0.15, -0.1) is 0 Å². The van der Waals surface area contributed by atoms with Crippen molar-refractivity contribution in [2.45, 2.75) is 20.4 Å². The molecule has 24 heavy (non-hydrogen) atoms. The Labute approximate surface area is 143 Å². The lowest BCUT2D eigenvalue weighted by Crippen LogP contribution is -2.36. The topological polar surface area (TPSA) is 54.9 Å². The van der Waals surface area contributed by atoms with Crippen LogP contribution in [0.1, 0.15) is 19.4 Å². The van der Waals surface area contributed by atoms with E-state index in [0.29, 0.717) is 18.0 Å². The van der Waals surface area contributed by atoms with Crippen molar-refractivity contribution in [1.82, 2.24) is 10.6 Å². The first-order chi connectivity index (χ1) is 11.8. The van der Waals surface area contributed by atoms with E-state index in [9.17, 15) is 0 Å². The number of aliphatic imine (C=N–C) groups is 1. The summed E-state index contributed by atoms with van der Waals surface area (Å²) in [6, 6.07) is 15.5. The molecule has 0 radical (unpaired) electrons. The summed E-state index contributed by atoms with van der Waals surface area (Å²) < 4.78 is 11.2. The number of ether oxygens (including phenoxy) is 2. The lowest BCUT2D eigenvalue weighted by Gasteiger charge is -2.11. The highest BCUT2D eigenvalue weighted by Gasteiger charge is 2.04. The molecule has 0 saturated carbocycles. The fourth-order valence-corrected chi connectivity index (χ4v) is 2.17. The molecular weight excluding hydrogens is 302 g/mol. The van der Waals surface area contributed by atoms with Gasteiger partial charge in [-0.05, 0) is 43.7 Å². The molecule has 0 aliphatic carbocycles. The molecule has 2 aromatic rings. The predicted octanol–water partition coefficient (Wildman–Crippen LogP) is 3.56. The molecule has 5 heteroatoms. The van der Waals surface area contributed by atoms with E-state index in [1.807, 2.05) is 48.5 Å². The Bertz CT molecular complexity index is 646. The minimum Gasteiger partial charge on any atom is -0.493 e. The third kappa shape index (κ3) is 5.19. The van der Waals surface area contributed by atoms with Gasteiger partial charge in [-0.3, -0.25) is 0 Å². The van der Waals surface area contributed by atoms with Crippen molar-refractivity contribution in [1.29, 1.82) is 0 Å². The van der Waals surface area contributed by atoms with Crippen molar-refractivity contribution in [3.63, 3.8) is 0 Å². The number of para-hydroxylation sites is 2. The summed E-state index contributed by atoms with van der Waals surface area (Å²) in [5, 5.41) is 6.42. The zero-order chi connectivity index (χ0) is 17.2. The van der Waals surface area contributed by atoms with Crippen LogP contribution in [0.25, 0.3) is 0 Å². The van der Waals surface area contributed by atoms with Crippen LogP contribution in [0.15, 0.2) is 53.5 Å². The quantitative estimate of drug-likeness (QED) is 0.603. The molecule has 0 saturated heterocycles. The molecule has 0 heterocycles. The van der Waals surface area contributed by atoms with Gasteiger partial charge in [0, 0.05) is 13.1 Å². The molecule has 0 unspecified atom stereocenters. The van der Waals surface area contributed by atoms with Crippen molar-refractivity contribution in [2.24, 2.45) is 4.99 Å². The van der Waals surface area contributed by atoms with Gasteiger partial charge in [-0.2, -0.15) is 0 Å². The summed E-state index contributed by atoms with van der Waals surface area (Å²) in [5.41, 5.74) is 1.12. The number of benzene rings is 2. The zero-order valence-electron chi connectivity index (χ0n) is 14.5. The van der Waals surface area contributed by atoms with E-state index in [2.05, 4.69) is 29.5 Å². The van der Waals surface area contributed by atoms with Gasteiger partial charge in [0.1, 0.15) is 5.75 Å². The molecular formula is C19H25N3O2.